The molecule has 0 spiro atoms. The Morgan fingerprint density at radius 3 is 2.91 bits per heavy atom. The standard InChI is InChI=1S/C7H9N3O/c1-9-7-5(4-8)2-3-6(11)10-7/h4,8H,1-3H2,(H,10,11). The lowest BCUT2D eigenvalue weighted by molar-refractivity contribution is -0.120. The van der Waals surface area contributed by atoms with Gasteiger partial charge in [-0.15, -0.1) is 0 Å². The van der Waals surface area contributed by atoms with Gasteiger partial charge in [0.1, 0.15) is 5.82 Å². The van der Waals surface area contributed by atoms with Gasteiger partial charge in [0, 0.05) is 18.2 Å². The second-order valence-corrected chi connectivity index (χ2v) is 2.22. The molecule has 0 aromatic carbocycles. The van der Waals surface area contributed by atoms with Crippen LogP contribution in [0.15, 0.2) is 16.4 Å². The van der Waals surface area contributed by atoms with Crippen LogP contribution in [0.25, 0.3) is 0 Å². The van der Waals surface area contributed by atoms with Crippen LogP contribution in [0, 0.1) is 5.41 Å². The molecule has 58 valence electrons. The molecule has 0 saturated carbocycles. The molecule has 0 saturated heterocycles. The number of nitrogens with zero attached hydrogens (tertiary/aromatic N) is 1. The number of carbonyl (C=O) groups is 1. The van der Waals surface area contributed by atoms with Crippen molar-refractivity contribution in [3.63, 3.8) is 0 Å². The Morgan fingerprint density at radius 1 is 1.64 bits per heavy atom. The second kappa shape index (κ2) is 3.09. The normalized spacial score (nSPS) is 17.6. The molecule has 0 aromatic heterocycles. The third kappa shape index (κ3) is 1.52. The number of rotatable bonds is 2. The highest BCUT2D eigenvalue weighted by atomic mass is 16.1. The van der Waals surface area contributed by atoms with Crippen LogP contribution in [0.5, 0.6) is 0 Å². The molecule has 0 radical (unpaired) electrons. The van der Waals surface area contributed by atoms with Gasteiger partial charge in [0.15, 0.2) is 0 Å². The van der Waals surface area contributed by atoms with Crippen LogP contribution in [-0.4, -0.2) is 18.8 Å². The molecular formula is C7H9N3O. The topological polar surface area (TPSA) is 65.3 Å². The largest absolute Gasteiger partial charge is 0.310 e. The van der Waals surface area contributed by atoms with E-state index in [9.17, 15) is 4.79 Å². The molecule has 1 aliphatic rings. The van der Waals surface area contributed by atoms with E-state index in [4.69, 9.17) is 5.41 Å². The van der Waals surface area contributed by atoms with Gasteiger partial charge >= 0.3 is 0 Å². The zero-order valence-electron chi connectivity index (χ0n) is 6.05. The first-order valence-electron chi connectivity index (χ1n) is 3.28. The summed E-state index contributed by atoms with van der Waals surface area (Å²) in [6.45, 7) is 3.29. The van der Waals surface area contributed by atoms with Crippen LogP contribution in [0.2, 0.25) is 0 Å². The van der Waals surface area contributed by atoms with Crippen LogP contribution >= 0.6 is 0 Å². The third-order valence-electron chi connectivity index (χ3n) is 1.52. The fourth-order valence-corrected chi connectivity index (χ4v) is 0.923. The average molecular weight is 151 g/mol. The van der Waals surface area contributed by atoms with Crippen LogP contribution in [0.3, 0.4) is 0 Å². The lowest BCUT2D eigenvalue weighted by Gasteiger charge is -2.13. The highest BCUT2D eigenvalue weighted by molar-refractivity contribution is 5.86. The molecule has 0 atom stereocenters. The number of hydrogen-bond donors (Lipinski definition) is 2. The van der Waals surface area contributed by atoms with E-state index < -0.39 is 0 Å². The van der Waals surface area contributed by atoms with Crippen LogP contribution in [0.4, 0.5) is 0 Å². The van der Waals surface area contributed by atoms with E-state index in [1.165, 1.54) is 6.21 Å². The van der Waals surface area contributed by atoms with E-state index in [1.54, 1.807) is 0 Å². The van der Waals surface area contributed by atoms with E-state index in [1.807, 2.05) is 0 Å². The van der Waals surface area contributed by atoms with Crippen molar-refractivity contribution < 1.29 is 4.79 Å². The Hall–Kier alpha value is -1.45. The number of carbonyl (C=O) groups excluding carboxylic acids is 1. The zero-order chi connectivity index (χ0) is 8.27. The van der Waals surface area contributed by atoms with Gasteiger partial charge in [0.05, 0.1) is 0 Å². The molecule has 0 aliphatic carbocycles. The van der Waals surface area contributed by atoms with Gasteiger partial charge in [-0.1, -0.05) is 0 Å². The van der Waals surface area contributed by atoms with E-state index in [0.717, 1.165) is 5.57 Å². The predicted molar refractivity (Wildman–Crippen MR) is 42.7 cm³/mol. The van der Waals surface area contributed by atoms with Gasteiger partial charge < -0.3 is 10.7 Å². The Labute approximate surface area is 64.5 Å². The van der Waals surface area contributed by atoms with Crippen molar-refractivity contribution >= 4 is 18.8 Å². The molecule has 11 heavy (non-hydrogen) atoms. The van der Waals surface area contributed by atoms with Crippen molar-refractivity contribution in [1.82, 2.24) is 5.32 Å². The molecule has 2 N–H and O–H groups in total. The van der Waals surface area contributed by atoms with Crippen LogP contribution < -0.4 is 5.32 Å². The number of aliphatic imine (C=N–C) groups is 1. The Kier molecular flexibility index (Phi) is 2.15. The monoisotopic (exact) mass is 151 g/mol. The van der Waals surface area contributed by atoms with Crippen molar-refractivity contribution in [3.05, 3.63) is 11.4 Å². The van der Waals surface area contributed by atoms with Gasteiger partial charge in [-0.05, 0) is 13.1 Å². The summed E-state index contributed by atoms with van der Waals surface area (Å²) < 4.78 is 0. The minimum atomic E-state index is -0.0574. The first-order valence-corrected chi connectivity index (χ1v) is 3.28. The molecule has 4 nitrogen and oxygen atoms in total. The molecule has 0 fully saturated rings. The molecule has 1 rings (SSSR count). The summed E-state index contributed by atoms with van der Waals surface area (Å²) in [6.07, 6.45) is 2.22. The zero-order valence-corrected chi connectivity index (χ0v) is 6.05. The summed E-state index contributed by atoms with van der Waals surface area (Å²) in [6, 6.07) is 0. The van der Waals surface area contributed by atoms with Gasteiger partial charge in [0.2, 0.25) is 5.91 Å². The maximum atomic E-state index is 10.8. The second-order valence-electron chi connectivity index (χ2n) is 2.22. The predicted octanol–water partition coefficient (Wildman–Crippen LogP) is 0.458. The van der Waals surface area contributed by atoms with E-state index in [0.29, 0.717) is 18.7 Å². The first-order chi connectivity index (χ1) is 5.27. The van der Waals surface area contributed by atoms with Gasteiger partial charge in [-0.3, -0.25) is 4.79 Å². The van der Waals surface area contributed by atoms with Crippen LogP contribution in [-0.2, 0) is 4.79 Å². The van der Waals surface area contributed by atoms with E-state index in [2.05, 4.69) is 17.0 Å². The Bertz CT molecular complexity index is 242. The van der Waals surface area contributed by atoms with Crippen molar-refractivity contribution in [3.8, 4) is 0 Å². The quantitative estimate of drug-likeness (QED) is 0.553. The highest BCUT2D eigenvalue weighted by Gasteiger charge is 2.14. The van der Waals surface area contributed by atoms with Gasteiger partial charge in [0.25, 0.3) is 0 Å². The molecule has 4 heteroatoms. The minimum absolute atomic E-state index is 0.0574. The molecule has 1 heterocycles. The molecule has 1 amide bonds. The summed E-state index contributed by atoms with van der Waals surface area (Å²) in [5.74, 6) is 0.370. The minimum Gasteiger partial charge on any atom is -0.310 e. The lowest BCUT2D eigenvalue weighted by Crippen LogP contribution is -2.27. The average Bonchev–Trinajstić information content (AvgIpc) is 2.04. The summed E-state index contributed by atoms with van der Waals surface area (Å²) in [5, 5.41) is 9.50. The molecule has 0 aromatic rings. The number of hydrogen-bond acceptors (Lipinski definition) is 3. The fraction of sp³-hybridized carbons (Fsp3) is 0.286. The first kappa shape index (κ1) is 7.65. The maximum absolute atomic E-state index is 10.8. The highest BCUT2D eigenvalue weighted by Crippen LogP contribution is 2.13. The molecular weight excluding hydrogens is 142 g/mol. The van der Waals surface area contributed by atoms with E-state index >= 15 is 0 Å². The molecule has 0 unspecified atom stereocenters. The van der Waals surface area contributed by atoms with Crippen LogP contribution in [0.1, 0.15) is 12.8 Å². The Balaban J connectivity index is 2.91. The number of nitrogens with one attached hydrogen (secondary N) is 2. The van der Waals surface area contributed by atoms with Crippen molar-refractivity contribution in [1.29, 1.82) is 5.41 Å². The van der Waals surface area contributed by atoms with Gasteiger partial charge in [-0.25, -0.2) is 4.99 Å². The van der Waals surface area contributed by atoms with Crippen molar-refractivity contribution in [2.45, 2.75) is 12.8 Å². The molecule has 0 bridgehead atoms. The van der Waals surface area contributed by atoms with Gasteiger partial charge in [-0.2, -0.15) is 0 Å². The summed E-state index contributed by atoms with van der Waals surface area (Å²) in [5.41, 5.74) is 0.736. The van der Waals surface area contributed by atoms with E-state index in [-0.39, 0.29) is 5.91 Å². The Morgan fingerprint density at radius 2 is 2.36 bits per heavy atom. The summed E-state index contributed by atoms with van der Waals surface area (Å²) in [4.78, 5) is 14.4. The SMILES string of the molecule is C=NC1=C(C=N)CCC(=O)N1. The number of amides is 1. The van der Waals surface area contributed by atoms with Crippen molar-refractivity contribution in [2.75, 3.05) is 0 Å². The fourth-order valence-electron chi connectivity index (χ4n) is 0.923. The summed E-state index contributed by atoms with van der Waals surface area (Å²) in [7, 11) is 0. The number of allylic oxidation sites excluding steroid dienone is 1. The maximum Gasteiger partial charge on any atom is 0.225 e. The lowest BCUT2D eigenvalue weighted by atomic mass is 10.1. The summed E-state index contributed by atoms with van der Waals surface area (Å²) >= 11 is 0. The third-order valence-corrected chi connectivity index (χ3v) is 1.52. The van der Waals surface area contributed by atoms with Crippen molar-refractivity contribution in [2.24, 2.45) is 4.99 Å². The molecule has 1 aliphatic heterocycles. The smallest absolute Gasteiger partial charge is 0.225 e.